The van der Waals surface area contributed by atoms with Gasteiger partial charge in [-0.2, -0.15) is 5.10 Å². The molecule has 1 unspecified atom stereocenters. The first-order valence-corrected chi connectivity index (χ1v) is 8.32. The van der Waals surface area contributed by atoms with E-state index in [1.807, 2.05) is 0 Å². The topological polar surface area (TPSA) is 39.1 Å². The van der Waals surface area contributed by atoms with Crippen molar-refractivity contribution < 1.29 is 4.74 Å². The highest BCUT2D eigenvalue weighted by molar-refractivity contribution is 5.15. The fourth-order valence-corrected chi connectivity index (χ4v) is 2.46. The first kappa shape index (κ1) is 18.2. The Morgan fingerprint density at radius 2 is 2.05 bits per heavy atom. The summed E-state index contributed by atoms with van der Waals surface area (Å²) < 4.78 is 7.71. The van der Waals surface area contributed by atoms with Crippen molar-refractivity contribution >= 4 is 0 Å². The van der Waals surface area contributed by atoms with Crippen LogP contribution in [0.3, 0.4) is 0 Å². The Bertz CT molecular complexity index is 412. The lowest BCUT2D eigenvalue weighted by molar-refractivity contribution is 0.0115. The van der Waals surface area contributed by atoms with Gasteiger partial charge in [0.2, 0.25) is 0 Å². The maximum atomic E-state index is 5.56. The Labute approximate surface area is 130 Å². The van der Waals surface area contributed by atoms with Gasteiger partial charge >= 0.3 is 0 Å². The van der Waals surface area contributed by atoms with Gasteiger partial charge in [0.1, 0.15) is 0 Å². The van der Waals surface area contributed by atoms with E-state index in [0.29, 0.717) is 6.04 Å². The number of ether oxygens (including phenoxy) is 1. The summed E-state index contributed by atoms with van der Waals surface area (Å²) in [6, 6.07) is 2.61. The predicted molar refractivity (Wildman–Crippen MR) is 88.6 cm³/mol. The van der Waals surface area contributed by atoms with E-state index < -0.39 is 0 Å². The highest BCUT2D eigenvalue weighted by atomic mass is 16.5. The van der Waals surface area contributed by atoms with E-state index in [1.54, 1.807) is 7.11 Å². The number of rotatable bonds is 10. The van der Waals surface area contributed by atoms with Gasteiger partial charge in [-0.3, -0.25) is 4.68 Å². The van der Waals surface area contributed by atoms with Crippen molar-refractivity contribution in [3.8, 4) is 0 Å². The molecule has 1 rings (SSSR count). The third-order valence-corrected chi connectivity index (χ3v) is 4.11. The molecule has 1 aromatic rings. The molecule has 1 N–H and O–H groups in total. The summed E-state index contributed by atoms with van der Waals surface area (Å²) in [6.45, 7) is 12.8. The normalized spacial score (nSPS) is 13.6. The molecule has 0 fully saturated rings. The number of hydrogen-bond acceptors (Lipinski definition) is 3. The molecule has 4 heteroatoms. The van der Waals surface area contributed by atoms with Gasteiger partial charge in [-0.25, -0.2) is 0 Å². The van der Waals surface area contributed by atoms with Crippen molar-refractivity contribution in [2.75, 3.05) is 13.7 Å². The predicted octanol–water partition coefficient (Wildman–Crippen LogP) is 3.71. The molecular weight excluding hydrogens is 262 g/mol. The molecular formula is C17H33N3O. The monoisotopic (exact) mass is 295 g/mol. The molecule has 21 heavy (non-hydrogen) atoms. The van der Waals surface area contributed by atoms with Crippen LogP contribution in [0, 0.1) is 0 Å². The minimum absolute atomic E-state index is 0.0726. The van der Waals surface area contributed by atoms with Crippen LogP contribution in [0.4, 0.5) is 0 Å². The Hall–Kier alpha value is -0.870. The van der Waals surface area contributed by atoms with Crippen LogP contribution >= 0.6 is 0 Å². The Kier molecular flexibility index (Phi) is 7.40. The first-order chi connectivity index (χ1) is 9.97. The summed E-state index contributed by atoms with van der Waals surface area (Å²) >= 11 is 0. The molecule has 0 radical (unpaired) electrons. The number of hydrogen-bond donors (Lipinski definition) is 1. The maximum Gasteiger partial charge on any atom is 0.0625 e. The first-order valence-electron chi connectivity index (χ1n) is 8.32. The second kappa shape index (κ2) is 8.54. The van der Waals surface area contributed by atoms with Crippen LogP contribution in [0.5, 0.6) is 0 Å². The van der Waals surface area contributed by atoms with E-state index in [1.165, 1.54) is 11.4 Å². The second-order valence-electron chi connectivity index (χ2n) is 6.24. The minimum atomic E-state index is -0.0726. The van der Waals surface area contributed by atoms with E-state index in [2.05, 4.69) is 55.8 Å². The fourth-order valence-electron chi connectivity index (χ4n) is 2.46. The SMILES string of the molecule is CCCNC(CCC(C)(C)OC)c1cc(CC)nn1CC. The molecule has 0 aromatic carbocycles. The van der Waals surface area contributed by atoms with Crippen LogP contribution in [0.25, 0.3) is 0 Å². The van der Waals surface area contributed by atoms with Crippen LogP contribution in [0.1, 0.15) is 71.3 Å². The van der Waals surface area contributed by atoms with Gasteiger partial charge in [-0.1, -0.05) is 13.8 Å². The zero-order valence-corrected chi connectivity index (χ0v) is 14.7. The summed E-state index contributed by atoms with van der Waals surface area (Å²) in [5.41, 5.74) is 2.42. The molecule has 0 bridgehead atoms. The molecule has 1 heterocycles. The van der Waals surface area contributed by atoms with Crippen LogP contribution in [0.15, 0.2) is 6.07 Å². The summed E-state index contributed by atoms with van der Waals surface area (Å²) in [4.78, 5) is 0. The van der Waals surface area contributed by atoms with E-state index in [-0.39, 0.29) is 5.60 Å². The Morgan fingerprint density at radius 3 is 2.57 bits per heavy atom. The quantitative estimate of drug-likeness (QED) is 0.715. The van der Waals surface area contributed by atoms with Gasteiger partial charge in [0.25, 0.3) is 0 Å². The third-order valence-electron chi connectivity index (χ3n) is 4.11. The average Bonchev–Trinajstić information content (AvgIpc) is 2.90. The van der Waals surface area contributed by atoms with Crippen LogP contribution in [0.2, 0.25) is 0 Å². The van der Waals surface area contributed by atoms with Crippen LogP contribution < -0.4 is 5.32 Å². The molecule has 0 aliphatic carbocycles. The van der Waals surface area contributed by atoms with E-state index >= 15 is 0 Å². The van der Waals surface area contributed by atoms with Crippen molar-refractivity contribution in [2.24, 2.45) is 0 Å². The van der Waals surface area contributed by atoms with Crippen molar-refractivity contribution in [1.29, 1.82) is 0 Å². The van der Waals surface area contributed by atoms with Gasteiger partial charge in [-0.15, -0.1) is 0 Å². The Balaban J connectivity index is 2.88. The van der Waals surface area contributed by atoms with Crippen LogP contribution in [-0.4, -0.2) is 29.0 Å². The van der Waals surface area contributed by atoms with Crippen molar-refractivity contribution in [2.45, 2.75) is 78.5 Å². The third kappa shape index (κ3) is 5.44. The summed E-state index contributed by atoms with van der Waals surface area (Å²) in [6.07, 6.45) is 4.23. The minimum Gasteiger partial charge on any atom is -0.379 e. The highest BCUT2D eigenvalue weighted by Gasteiger charge is 2.22. The van der Waals surface area contributed by atoms with E-state index in [9.17, 15) is 0 Å². The van der Waals surface area contributed by atoms with E-state index in [0.717, 1.165) is 38.8 Å². The standard InChI is InChI=1S/C17H33N3O/c1-7-12-18-15(10-11-17(4,5)21-6)16-13-14(8-2)19-20(16)9-3/h13,15,18H,7-12H2,1-6H3. The molecule has 0 aliphatic rings. The van der Waals surface area contributed by atoms with Crippen LogP contribution in [-0.2, 0) is 17.7 Å². The van der Waals surface area contributed by atoms with Crippen molar-refractivity contribution in [3.63, 3.8) is 0 Å². The number of methoxy groups -OCH3 is 1. The summed E-state index contributed by atoms with van der Waals surface area (Å²) in [5.74, 6) is 0. The zero-order chi connectivity index (χ0) is 15.9. The lowest BCUT2D eigenvalue weighted by Gasteiger charge is -2.27. The zero-order valence-electron chi connectivity index (χ0n) is 14.7. The maximum absolute atomic E-state index is 5.56. The average molecular weight is 295 g/mol. The molecule has 1 aromatic heterocycles. The van der Waals surface area contributed by atoms with Gasteiger partial charge in [0, 0.05) is 19.7 Å². The number of nitrogens with zero attached hydrogens (tertiary/aromatic N) is 2. The van der Waals surface area contributed by atoms with Crippen molar-refractivity contribution in [3.05, 3.63) is 17.5 Å². The summed E-state index contributed by atoms with van der Waals surface area (Å²) in [5, 5.41) is 8.36. The molecule has 0 saturated carbocycles. The number of aryl methyl sites for hydroxylation is 2. The van der Waals surface area contributed by atoms with Crippen molar-refractivity contribution in [1.82, 2.24) is 15.1 Å². The molecule has 1 atom stereocenters. The summed E-state index contributed by atoms with van der Waals surface area (Å²) in [7, 11) is 1.79. The van der Waals surface area contributed by atoms with Gasteiger partial charge in [0.05, 0.1) is 17.0 Å². The smallest absolute Gasteiger partial charge is 0.0625 e. The molecule has 0 amide bonds. The largest absolute Gasteiger partial charge is 0.379 e. The fraction of sp³-hybridized carbons (Fsp3) is 0.824. The molecule has 122 valence electrons. The lowest BCUT2D eigenvalue weighted by atomic mass is 9.97. The second-order valence-corrected chi connectivity index (χ2v) is 6.24. The number of nitrogens with one attached hydrogen (secondary N) is 1. The molecule has 0 aliphatic heterocycles. The molecule has 0 saturated heterocycles. The lowest BCUT2D eigenvalue weighted by Crippen LogP contribution is -2.29. The molecule has 4 nitrogen and oxygen atoms in total. The van der Waals surface area contributed by atoms with Gasteiger partial charge < -0.3 is 10.1 Å². The highest BCUT2D eigenvalue weighted by Crippen LogP contribution is 2.25. The van der Waals surface area contributed by atoms with Gasteiger partial charge in [-0.05, 0) is 59.1 Å². The molecule has 0 spiro atoms. The van der Waals surface area contributed by atoms with Gasteiger partial charge in [0.15, 0.2) is 0 Å². The Morgan fingerprint density at radius 1 is 1.33 bits per heavy atom. The number of aromatic nitrogens is 2. The van der Waals surface area contributed by atoms with E-state index in [4.69, 9.17) is 4.74 Å².